The van der Waals surface area contributed by atoms with Gasteiger partial charge in [0, 0.05) is 72.2 Å². The maximum absolute atomic E-state index is 3.70. The molecule has 516 valence electrons. The Hall–Kier alpha value is -2.51. The Kier molecular flexibility index (Phi) is 60.3. The summed E-state index contributed by atoms with van der Waals surface area (Å²) in [7, 11) is 5.94. The summed E-state index contributed by atoms with van der Waals surface area (Å²) in [6, 6.07) is 37.4. The van der Waals surface area contributed by atoms with Crippen LogP contribution in [0.3, 0.4) is 0 Å². The van der Waals surface area contributed by atoms with Crippen LogP contribution >= 0.6 is 0 Å². The molecule has 0 fully saturated rings. The molecule has 0 aromatic heterocycles. The van der Waals surface area contributed by atoms with E-state index in [-0.39, 0.29) is 51.7 Å². The molecule has 4 heteroatoms. The average molecular weight is 1610 g/mol. The van der Waals surface area contributed by atoms with Crippen molar-refractivity contribution in [3.8, 4) is 0 Å². The van der Waals surface area contributed by atoms with E-state index in [0.717, 1.165) is 38.5 Å². The number of unbranched alkanes of at least 4 members (excludes halogenated alkanes) is 7. The topological polar surface area (TPSA) is 0 Å². The Balaban J connectivity index is -0.000000322. The fourth-order valence-corrected chi connectivity index (χ4v) is 9.69. The van der Waals surface area contributed by atoms with Crippen LogP contribution in [0.15, 0.2) is 97.1 Å². The Morgan fingerprint density at radius 3 is 0.533 bits per heavy atom. The standard InChI is InChI=1S/4C16H21.C6H12.4C4H9.2CH3Si.2Hf/c4*1-10(2)13-8-14-6-12(5)7-16(14)15(9-13)11(3)4;1-3-5-6-4-2;4*1-3-4-2;2*1-2;;/h4*6-11H,1-5H3;1-6H2;4*1,3-4H2,2H3;2*1H3;;/q4*-1;-2;4*-1;;;;. The predicted octanol–water partition coefficient (Wildman–Crippen LogP) is 29.6. The van der Waals surface area contributed by atoms with Crippen LogP contribution in [0.5, 0.6) is 0 Å². The van der Waals surface area contributed by atoms with Crippen LogP contribution in [0.4, 0.5) is 0 Å². The first kappa shape index (κ1) is 98.2. The zero-order valence-electron chi connectivity index (χ0n) is 64.6. The third kappa shape index (κ3) is 37.3. The molecule has 0 bridgehead atoms. The van der Waals surface area contributed by atoms with Gasteiger partial charge in [0.15, 0.2) is 0 Å². The predicted molar refractivity (Wildman–Crippen MR) is 423 cm³/mol. The molecule has 6 radical (unpaired) electrons. The Morgan fingerprint density at radius 2 is 0.424 bits per heavy atom. The van der Waals surface area contributed by atoms with E-state index in [9.17, 15) is 0 Å². The van der Waals surface area contributed by atoms with Crippen LogP contribution in [0.1, 0.15) is 330 Å². The maximum Gasteiger partial charge on any atom is 0.0184 e. The molecule has 0 saturated carbocycles. The van der Waals surface area contributed by atoms with E-state index in [1.165, 1.54) is 148 Å². The van der Waals surface area contributed by atoms with E-state index in [2.05, 4.69) is 325 Å². The summed E-state index contributed by atoms with van der Waals surface area (Å²) in [5.74, 6) is 4.83. The minimum absolute atomic E-state index is 0. The molecule has 0 N–H and O–H groups in total. The van der Waals surface area contributed by atoms with Gasteiger partial charge >= 0.3 is 0 Å². The third-order valence-corrected chi connectivity index (χ3v) is 15.4. The molecule has 0 atom stereocenters. The Morgan fingerprint density at radius 1 is 0.272 bits per heavy atom. The van der Waals surface area contributed by atoms with E-state index in [4.69, 9.17) is 0 Å². The second kappa shape index (κ2) is 56.5. The molecular formula is C88H138Hf2Si2-10. The molecule has 8 aromatic carbocycles. The van der Waals surface area contributed by atoms with Crippen molar-refractivity contribution in [2.45, 2.75) is 304 Å². The quantitative estimate of drug-likeness (QED) is 0.0545. The largest absolute Gasteiger partial charge is 0.343 e. The number of benzene rings is 4. The number of hydrogen-bond acceptors (Lipinski definition) is 0. The molecule has 92 heavy (non-hydrogen) atoms. The minimum Gasteiger partial charge on any atom is -0.343 e. The SMILES string of the molecule is C[Si].C[Si].Cc1cc2c(C(C)C)cc(C(C)C)cc2[cH-]1.Cc1cc2c(C(C)C)cc(C(C)C)cc2[cH-]1.Cc1cc2c(C(C)C)cc(C(C)C)cc2[cH-]1.Cc1cc2c(C(C)C)cc(C(C)C)cc2[cH-]1.[CH2-]CCC.[CH2-]CCC.[CH2-]CCC.[CH2-]CCC.[CH2-]CCCC[CH2-].[Hf].[Hf]. The fraction of sp³-hybridized carbons (Fsp3) is 0.523. The third-order valence-electron chi connectivity index (χ3n) is 15.4. The minimum atomic E-state index is 0. The smallest absolute Gasteiger partial charge is 0.0184 e. The van der Waals surface area contributed by atoms with Gasteiger partial charge in [0.2, 0.25) is 0 Å². The van der Waals surface area contributed by atoms with Crippen LogP contribution in [-0.4, -0.2) is 20.5 Å². The first-order valence-electron chi connectivity index (χ1n) is 35.1. The zero-order valence-corrected chi connectivity index (χ0v) is 73.8. The first-order chi connectivity index (χ1) is 42.5. The van der Waals surface area contributed by atoms with Crippen molar-refractivity contribution in [2.75, 3.05) is 0 Å². The van der Waals surface area contributed by atoms with Crippen molar-refractivity contribution in [2.24, 2.45) is 0 Å². The normalized spacial score (nSPS) is 10.3. The molecule has 0 aliphatic rings. The summed E-state index contributed by atoms with van der Waals surface area (Å²) >= 11 is 0. The van der Waals surface area contributed by atoms with Crippen molar-refractivity contribution >= 4 is 63.6 Å². The Labute approximate surface area is 618 Å². The van der Waals surface area contributed by atoms with Gasteiger partial charge in [-0.2, -0.15) is 62.8 Å². The van der Waals surface area contributed by atoms with Crippen LogP contribution in [0.2, 0.25) is 13.1 Å². The second-order valence-corrected chi connectivity index (χ2v) is 26.6. The first-order valence-corrected chi connectivity index (χ1v) is 37.1. The maximum atomic E-state index is 3.70. The van der Waals surface area contributed by atoms with E-state index in [1.807, 2.05) is 0 Å². The van der Waals surface area contributed by atoms with Gasteiger partial charge in [-0.15, -0.1) is 114 Å². The number of aryl methyl sites for hydroxylation is 4. The van der Waals surface area contributed by atoms with Crippen LogP contribution < -0.4 is 0 Å². The van der Waals surface area contributed by atoms with Gasteiger partial charge < -0.3 is 41.5 Å². The van der Waals surface area contributed by atoms with Gasteiger partial charge in [-0.1, -0.05) is 287 Å². The number of rotatable bonds is 15. The van der Waals surface area contributed by atoms with Gasteiger partial charge in [-0.25, -0.2) is 0 Å². The zero-order chi connectivity index (χ0) is 70.0. The summed E-state index contributed by atoms with van der Waals surface area (Å²) in [6.45, 7) is 79.0. The van der Waals surface area contributed by atoms with Crippen LogP contribution in [0, 0.1) is 69.2 Å². The molecule has 0 aliphatic carbocycles. The summed E-state index contributed by atoms with van der Waals surface area (Å²) in [5, 5.41) is 11.4. The number of hydrogen-bond donors (Lipinski definition) is 0. The molecule has 0 aliphatic heterocycles. The molecule has 8 rings (SSSR count). The number of fused-ring (bicyclic) bond motifs is 4. The van der Waals surface area contributed by atoms with Gasteiger partial charge in [0.25, 0.3) is 0 Å². The van der Waals surface area contributed by atoms with Crippen molar-refractivity contribution in [1.29, 1.82) is 0 Å². The monoisotopic (exact) mass is 1610 g/mol. The van der Waals surface area contributed by atoms with Crippen LogP contribution in [-0.2, 0) is 51.7 Å². The van der Waals surface area contributed by atoms with Crippen LogP contribution in [0.25, 0.3) is 43.1 Å². The molecular weight excluding hydrogens is 1470 g/mol. The molecule has 0 amide bonds. The van der Waals surface area contributed by atoms with Crippen molar-refractivity contribution in [1.82, 2.24) is 0 Å². The molecule has 0 heterocycles. The molecule has 0 unspecified atom stereocenters. The molecule has 0 nitrogen and oxygen atoms in total. The van der Waals surface area contributed by atoms with Gasteiger partial charge in [-0.05, 0) is 47.3 Å². The van der Waals surface area contributed by atoms with E-state index >= 15 is 0 Å². The summed E-state index contributed by atoms with van der Waals surface area (Å²) in [4.78, 5) is 0. The van der Waals surface area contributed by atoms with Gasteiger partial charge in [-0.3, -0.25) is 0 Å². The summed E-state index contributed by atoms with van der Waals surface area (Å²) < 4.78 is 0. The summed E-state index contributed by atoms with van der Waals surface area (Å²) in [5.41, 5.74) is 17.3. The fourth-order valence-electron chi connectivity index (χ4n) is 9.69. The average Bonchev–Trinajstić information content (AvgIpc) is 1.72. The van der Waals surface area contributed by atoms with E-state index in [1.54, 1.807) is 13.1 Å². The van der Waals surface area contributed by atoms with Gasteiger partial charge in [0.1, 0.15) is 0 Å². The van der Waals surface area contributed by atoms with Crippen molar-refractivity contribution < 1.29 is 51.7 Å². The molecule has 0 saturated heterocycles. The Bertz CT molecular complexity index is 2590. The second-order valence-electron chi connectivity index (χ2n) is 26.6. The van der Waals surface area contributed by atoms with E-state index in [0.29, 0.717) is 47.3 Å². The van der Waals surface area contributed by atoms with Crippen molar-refractivity contribution in [3.05, 3.63) is 205 Å². The van der Waals surface area contributed by atoms with E-state index < -0.39 is 0 Å². The van der Waals surface area contributed by atoms with Gasteiger partial charge in [0.05, 0.1) is 0 Å². The van der Waals surface area contributed by atoms with Crippen molar-refractivity contribution in [3.63, 3.8) is 0 Å². The molecule has 0 spiro atoms. The summed E-state index contributed by atoms with van der Waals surface area (Å²) in [6.07, 6.45) is 13.7. The molecule has 8 aromatic rings.